The van der Waals surface area contributed by atoms with Crippen LogP contribution in [-0.4, -0.2) is 18.5 Å². The second-order valence-corrected chi connectivity index (χ2v) is 8.87. The Morgan fingerprint density at radius 1 is 0.929 bits per heavy atom. The highest BCUT2D eigenvalue weighted by Gasteiger charge is 2.38. The van der Waals surface area contributed by atoms with Crippen LogP contribution in [-0.2, 0) is 10.0 Å². The number of nitrogens with zero attached hydrogens (tertiary/aromatic N) is 2. The van der Waals surface area contributed by atoms with Crippen molar-refractivity contribution in [3.63, 3.8) is 0 Å². The van der Waals surface area contributed by atoms with E-state index in [9.17, 15) is 8.42 Å². The van der Waals surface area contributed by atoms with Crippen molar-refractivity contribution in [3.05, 3.63) is 101 Å². The van der Waals surface area contributed by atoms with E-state index >= 15 is 0 Å². The molecule has 0 spiro atoms. The number of sulfonamides is 1. The molecule has 0 saturated heterocycles. The number of aryl methyl sites for hydroxylation is 1. The molecule has 0 aliphatic carbocycles. The van der Waals surface area contributed by atoms with Crippen LogP contribution in [0, 0.1) is 6.92 Å². The highest BCUT2D eigenvalue weighted by Crippen LogP contribution is 2.38. The maximum Gasteiger partial charge on any atom is 0.279 e. The maximum absolute atomic E-state index is 13.5. The second kappa shape index (κ2) is 7.41. The van der Waals surface area contributed by atoms with Gasteiger partial charge >= 0.3 is 0 Å². The molecule has 1 heterocycles. The molecule has 4 rings (SSSR count). The van der Waals surface area contributed by atoms with Gasteiger partial charge in [-0.1, -0.05) is 78.3 Å². The minimum Gasteiger partial charge on any atom is -0.200 e. The first-order chi connectivity index (χ1) is 13.5. The molecular weight excluding hydrogens is 392 g/mol. The summed E-state index contributed by atoms with van der Waals surface area (Å²) in [4.78, 5) is 0.264. The summed E-state index contributed by atoms with van der Waals surface area (Å²) in [5, 5.41) is 5.10. The molecule has 3 aromatic rings. The Kier molecular flexibility index (Phi) is 4.96. The predicted molar refractivity (Wildman–Crippen MR) is 112 cm³/mol. The fraction of sp³-hybridized carbons (Fsp3) is 0.136. The molecule has 0 aromatic heterocycles. The third-order valence-electron chi connectivity index (χ3n) is 4.86. The van der Waals surface area contributed by atoms with Gasteiger partial charge in [0.2, 0.25) is 0 Å². The summed E-state index contributed by atoms with van der Waals surface area (Å²) in [6, 6.07) is 23.5. The maximum atomic E-state index is 13.5. The topological polar surface area (TPSA) is 49.7 Å². The monoisotopic (exact) mass is 410 g/mol. The number of halogens is 1. The van der Waals surface area contributed by atoms with Gasteiger partial charge in [0.15, 0.2) is 0 Å². The van der Waals surface area contributed by atoms with Crippen LogP contribution >= 0.6 is 11.6 Å². The molecule has 0 amide bonds. The van der Waals surface area contributed by atoms with E-state index in [0.717, 1.165) is 11.1 Å². The van der Waals surface area contributed by atoms with E-state index in [-0.39, 0.29) is 4.90 Å². The average molecular weight is 411 g/mol. The predicted octanol–water partition coefficient (Wildman–Crippen LogP) is 5.19. The average Bonchev–Trinajstić information content (AvgIpc) is 3.15. The zero-order valence-electron chi connectivity index (χ0n) is 15.3. The normalized spacial score (nSPS) is 16.9. The number of hydrogen-bond donors (Lipinski definition) is 0. The van der Waals surface area contributed by atoms with Gasteiger partial charge in [0, 0.05) is 17.0 Å². The largest absolute Gasteiger partial charge is 0.279 e. The number of rotatable bonds is 4. The molecule has 0 bridgehead atoms. The van der Waals surface area contributed by atoms with Crippen LogP contribution in [0.1, 0.15) is 29.2 Å². The Bertz CT molecular complexity index is 1140. The molecule has 1 atom stereocenters. The van der Waals surface area contributed by atoms with Gasteiger partial charge in [-0.3, -0.25) is 0 Å². The molecule has 0 saturated carbocycles. The first-order valence-electron chi connectivity index (χ1n) is 8.96. The van der Waals surface area contributed by atoms with E-state index in [1.807, 2.05) is 54.6 Å². The Labute approximate surface area is 170 Å². The van der Waals surface area contributed by atoms with Gasteiger partial charge < -0.3 is 0 Å². The van der Waals surface area contributed by atoms with Crippen molar-refractivity contribution in [2.45, 2.75) is 24.3 Å². The van der Waals surface area contributed by atoms with Gasteiger partial charge in [-0.25, -0.2) is 0 Å². The van der Waals surface area contributed by atoms with Crippen LogP contribution < -0.4 is 0 Å². The van der Waals surface area contributed by atoms with Crippen LogP contribution in [0.4, 0.5) is 0 Å². The lowest BCUT2D eigenvalue weighted by Crippen LogP contribution is -2.27. The van der Waals surface area contributed by atoms with Crippen LogP contribution in [0.3, 0.4) is 0 Å². The van der Waals surface area contributed by atoms with Gasteiger partial charge in [-0.15, -0.1) is 0 Å². The molecule has 0 N–H and O–H groups in total. The van der Waals surface area contributed by atoms with Crippen LogP contribution in [0.15, 0.2) is 88.9 Å². The smallest absolute Gasteiger partial charge is 0.200 e. The fourth-order valence-corrected chi connectivity index (χ4v) is 5.35. The van der Waals surface area contributed by atoms with Gasteiger partial charge in [-0.2, -0.15) is 17.9 Å². The first kappa shape index (κ1) is 18.7. The minimum absolute atomic E-state index is 0.264. The molecule has 142 valence electrons. The SMILES string of the molecule is Cc1ccccc1S(=O)(=O)N1N=C(c2ccccc2Cl)CC1c1ccccc1. The summed E-state index contributed by atoms with van der Waals surface area (Å²) in [5.41, 5.74) is 3.00. The number of hydrogen-bond acceptors (Lipinski definition) is 3. The standard InChI is InChI=1S/C22H19ClN2O2S/c1-16-9-5-8-14-22(16)28(26,27)25-21(17-10-3-2-4-11-17)15-20(24-25)18-12-6-7-13-19(18)23/h2-14,21H,15H2,1H3. The Hall–Kier alpha value is -2.63. The number of benzene rings is 3. The minimum atomic E-state index is -3.82. The molecular formula is C22H19ClN2O2S. The zero-order valence-corrected chi connectivity index (χ0v) is 16.9. The third-order valence-corrected chi connectivity index (χ3v) is 7.03. The summed E-state index contributed by atoms with van der Waals surface area (Å²) in [5.74, 6) is 0. The molecule has 4 nitrogen and oxygen atoms in total. The molecule has 3 aromatic carbocycles. The lowest BCUT2D eigenvalue weighted by Gasteiger charge is -2.24. The van der Waals surface area contributed by atoms with Crippen LogP contribution in [0.25, 0.3) is 0 Å². The van der Waals surface area contributed by atoms with Crippen molar-refractivity contribution in [2.75, 3.05) is 0 Å². The number of hydrazone groups is 1. The van der Waals surface area contributed by atoms with E-state index in [4.69, 9.17) is 11.6 Å². The van der Waals surface area contributed by atoms with E-state index in [0.29, 0.717) is 22.7 Å². The van der Waals surface area contributed by atoms with E-state index in [1.165, 1.54) is 4.41 Å². The molecule has 0 radical (unpaired) electrons. The molecule has 6 heteroatoms. The Morgan fingerprint density at radius 3 is 2.29 bits per heavy atom. The summed E-state index contributed by atoms with van der Waals surface area (Å²) >= 11 is 6.35. The van der Waals surface area contributed by atoms with E-state index in [2.05, 4.69) is 5.10 Å². The fourth-order valence-electron chi connectivity index (χ4n) is 3.44. The van der Waals surface area contributed by atoms with Crippen molar-refractivity contribution in [3.8, 4) is 0 Å². The molecule has 1 aliphatic heterocycles. The summed E-state index contributed by atoms with van der Waals surface area (Å²) in [6.07, 6.45) is 0.457. The lowest BCUT2D eigenvalue weighted by molar-refractivity contribution is 0.371. The molecule has 28 heavy (non-hydrogen) atoms. The second-order valence-electron chi connectivity index (χ2n) is 6.70. The Balaban J connectivity index is 1.85. The van der Waals surface area contributed by atoms with Gasteiger partial charge in [0.25, 0.3) is 10.0 Å². The summed E-state index contributed by atoms with van der Waals surface area (Å²) in [7, 11) is -3.82. The van der Waals surface area contributed by atoms with Gasteiger partial charge in [-0.05, 0) is 30.2 Å². The summed E-state index contributed by atoms with van der Waals surface area (Å²) in [6.45, 7) is 1.79. The van der Waals surface area contributed by atoms with Crippen molar-refractivity contribution in [1.82, 2.24) is 4.41 Å². The van der Waals surface area contributed by atoms with Crippen molar-refractivity contribution in [1.29, 1.82) is 0 Å². The molecule has 0 fully saturated rings. The van der Waals surface area contributed by atoms with Gasteiger partial charge in [0.05, 0.1) is 16.6 Å². The molecule has 1 aliphatic rings. The Morgan fingerprint density at radius 2 is 1.57 bits per heavy atom. The third kappa shape index (κ3) is 3.32. The van der Waals surface area contributed by atoms with Gasteiger partial charge in [0.1, 0.15) is 0 Å². The highest BCUT2D eigenvalue weighted by atomic mass is 35.5. The van der Waals surface area contributed by atoms with E-state index < -0.39 is 16.1 Å². The van der Waals surface area contributed by atoms with E-state index in [1.54, 1.807) is 31.2 Å². The lowest BCUT2D eigenvalue weighted by atomic mass is 9.99. The summed E-state index contributed by atoms with van der Waals surface area (Å²) < 4.78 is 28.2. The highest BCUT2D eigenvalue weighted by molar-refractivity contribution is 7.89. The quantitative estimate of drug-likeness (QED) is 0.594. The molecule has 1 unspecified atom stereocenters. The van der Waals surface area contributed by atoms with Crippen molar-refractivity contribution >= 4 is 27.3 Å². The zero-order chi connectivity index (χ0) is 19.7. The first-order valence-corrected chi connectivity index (χ1v) is 10.8. The van der Waals surface area contributed by atoms with Crippen molar-refractivity contribution < 1.29 is 8.42 Å². The van der Waals surface area contributed by atoms with Crippen LogP contribution in [0.5, 0.6) is 0 Å². The van der Waals surface area contributed by atoms with Crippen molar-refractivity contribution in [2.24, 2.45) is 5.10 Å². The van der Waals surface area contributed by atoms with Crippen LogP contribution in [0.2, 0.25) is 5.02 Å².